The number of esters is 1. The summed E-state index contributed by atoms with van der Waals surface area (Å²) in [4.78, 5) is 38.5. The Morgan fingerprint density at radius 3 is 2.29 bits per heavy atom. The molecular weight excluding hydrogens is 398 g/mol. The predicted molar refractivity (Wildman–Crippen MR) is 120 cm³/mol. The zero-order valence-electron chi connectivity index (χ0n) is 20.1. The van der Waals surface area contributed by atoms with E-state index in [1.54, 1.807) is 18.7 Å². The number of hydrogen-bond donors (Lipinski definition) is 3. The van der Waals surface area contributed by atoms with E-state index in [9.17, 15) is 19.5 Å². The average Bonchev–Trinajstić information content (AvgIpc) is 3.05. The molecule has 5 atom stereocenters. The number of hydrogen-bond acceptors (Lipinski definition) is 6. The Balaban J connectivity index is 0.000000861. The van der Waals surface area contributed by atoms with Gasteiger partial charge in [0.2, 0.25) is 5.91 Å². The van der Waals surface area contributed by atoms with Crippen molar-refractivity contribution < 1.29 is 24.2 Å². The van der Waals surface area contributed by atoms with Crippen LogP contribution in [0.3, 0.4) is 0 Å². The van der Waals surface area contributed by atoms with Crippen LogP contribution >= 0.6 is 0 Å². The summed E-state index contributed by atoms with van der Waals surface area (Å²) < 4.78 is 5.09. The quantitative estimate of drug-likeness (QED) is 0.495. The molecule has 2 fully saturated rings. The average molecular weight is 442 g/mol. The SMILES string of the molecule is CC(C)(C)N.CCC[C@H](N[C@@H](C)C(=O)N1[C@@H](C(=O)O)C[C@@H]2CCCC[C@@H]21)C(=O)OCC. The van der Waals surface area contributed by atoms with Gasteiger partial charge >= 0.3 is 11.9 Å². The van der Waals surface area contributed by atoms with Crippen LogP contribution in [-0.2, 0) is 19.1 Å². The number of rotatable bonds is 8. The molecule has 2 aliphatic rings. The number of carbonyl (C=O) groups excluding carboxylic acids is 2. The highest BCUT2D eigenvalue weighted by Gasteiger charge is 2.48. The molecule has 2 rings (SSSR count). The van der Waals surface area contributed by atoms with Gasteiger partial charge in [-0.05, 0) is 66.2 Å². The molecular formula is C23H43N3O5. The largest absolute Gasteiger partial charge is 0.480 e. The third kappa shape index (κ3) is 8.77. The van der Waals surface area contributed by atoms with Crippen molar-refractivity contribution in [2.24, 2.45) is 11.7 Å². The number of amides is 1. The van der Waals surface area contributed by atoms with Crippen molar-refractivity contribution in [1.29, 1.82) is 0 Å². The van der Waals surface area contributed by atoms with Crippen molar-refractivity contribution in [1.82, 2.24) is 10.2 Å². The molecule has 0 bridgehead atoms. The summed E-state index contributed by atoms with van der Waals surface area (Å²) in [5, 5.41) is 12.7. The van der Waals surface area contributed by atoms with Crippen LogP contribution in [0.1, 0.15) is 86.5 Å². The maximum Gasteiger partial charge on any atom is 0.326 e. The second kappa shape index (κ2) is 12.4. The standard InChI is InChI=1S/C19H32N2O5.C4H11N/c1-4-8-14(19(25)26-5-2)20-12(3)17(22)21-15-10-7-6-9-13(15)11-16(21)18(23)24;1-4(2,3)5/h12-16,20H,4-11H2,1-3H3,(H,23,24);5H2,1-3H3/t12-,13-,14-,15-,16+;/m0./s1. The molecule has 1 aliphatic heterocycles. The number of carboxylic acids is 1. The first-order chi connectivity index (χ1) is 14.4. The maximum atomic E-state index is 13.1. The molecule has 1 aliphatic carbocycles. The fourth-order valence-electron chi connectivity index (χ4n) is 4.39. The van der Waals surface area contributed by atoms with E-state index in [0.717, 1.165) is 32.1 Å². The Kier molecular flexibility index (Phi) is 10.9. The van der Waals surface area contributed by atoms with Gasteiger partial charge in [0, 0.05) is 11.6 Å². The number of carboxylic acid groups (broad SMARTS) is 1. The third-order valence-electron chi connectivity index (χ3n) is 5.60. The number of carbonyl (C=O) groups is 3. The normalized spacial score (nSPS) is 25.0. The zero-order chi connectivity index (χ0) is 23.8. The molecule has 0 aromatic carbocycles. The minimum atomic E-state index is -0.935. The first kappa shape index (κ1) is 27.4. The van der Waals surface area contributed by atoms with E-state index < -0.39 is 24.1 Å². The summed E-state index contributed by atoms with van der Waals surface area (Å²) >= 11 is 0. The monoisotopic (exact) mass is 441 g/mol. The second-order valence-electron chi connectivity index (χ2n) is 9.79. The lowest BCUT2D eigenvalue weighted by molar-refractivity contribution is -0.152. The number of nitrogens with one attached hydrogen (secondary N) is 1. The number of fused-ring (bicyclic) bond motifs is 1. The fraction of sp³-hybridized carbons (Fsp3) is 0.870. The molecule has 31 heavy (non-hydrogen) atoms. The summed E-state index contributed by atoms with van der Waals surface area (Å²) in [7, 11) is 0. The van der Waals surface area contributed by atoms with Crippen molar-refractivity contribution in [2.45, 2.75) is 116 Å². The Labute approximate surface area is 187 Å². The van der Waals surface area contributed by atoms with Crippen LogP contribution in [0.4, 0.5) is 0 Å². The van der Waals surface area contributed by atoms with Crippen molar-refractivity contribution in [2.75, 3.05) is 6.61 Å². The molecule has 0 radical (unpaired) electrons. The van der Waals surface area contributed by atoms with E-state index in [2.05, 4.69) is 5.32 Å². The van der Waals surface area contributed by atoms with Gasteiger partial charge in [-0.15, -0.1) is 0 Å². The van der Waals surface area contributed by atoms with Crippen LogP contribution < -0.4 is 11.1 Å². The highest BCUT2D eigenvalue weighted by molar-refractivity contribution is 5.88. The summed E-state index contributed by atoms with van der Waals surface area (Å²) in [5.74, 6) is -1.24. The maximum absolute atomic E-state index is 13.1. The first-order valence-electron chi connectivity index (χ1n) is 11.7. The minimum absolute atomic E-state index is 0. The predicted octanol–water partition coefficient (Wildman–Crippen LogP) is 2.68. The van der Waals surface area contributed by atoms with Crippen LogP contribution in [0.15, 0.2) is 0 Å². The van der Waals surface area contributed by atoms with E-state index in [1.807, 2.05) is 27.7 Å². The van der Waals surface area contributed by atoms with Gasteiger partial charge in [0.05, 0.1) is 12.6 Å². The van der Waals surface area contributed by atoms with E-state index in [-0.39, 0.29) is 29.4 Å². The molecule has 1 heterocycles. The topological polar surface area (TPSA) is 122 Å². The van der Waals surface area contributed by atoms with Gasteiger partial charge < -0.3 is 20.5 Å². The smallest absolute Gasteiger partial charge is 0.326 e. The molecule has 1 amide bonds. The lowest BCUT2D eigenvalue weighted by Gasteiger charge is -2.35. The van der Waals surface area contributed by atoms with Gasteiger partial charge in [-0.2, -0.15) is 0 Å². The molecule has 0 aromatic heterocycles. The van der Waals surface area contributed by atoms with E-state index in [1.165, 1.54) is 0 Å². The number of nitrogens with zero attached hydrogens (tertiary/aromatic N) is 1. The summed E-state index contributed by atoms with van der Waals surface area (Å²) in [6, 6.07) is -1.92. The number of aliphatic carboxylic acids is 1. The molecule has 180 valence electrons. The molecule has 0 aromatic rings. The Bertz CT molecular complexity index is 599. The molecule has 0 unspecified atom stereocenters. The van der Waals surface area contributed by atoms with Crippen LogP contribution in [0.2, 0.25) is 0 Å². The Hall–Kier alpha value is -1.67. The Morgan fingerprint density at radius 2 is 1.77 bits per heavy atom. The van der Waals surface area contributed by atoms with Gasteiger partial charge in [-0.3, -0.25) is 14.9 Å². The van der Waals surface area contributed by atoms with Crippen molar-refractivity contribution >= 4 is 17.8 Å². The van der Waals surface area contributed by atoms with E-state index in [0.29, 0.717) is 19.4 Å². The van der Waals surface area contributed by atoms with Gasteiger partial charge in [0.15, 0.2) is 0 Å². The van der Waals surface area contributed by atoms with Crippen LogP contribution in [0.5, 0.6) is 0 Å². The van der Waals surface area contributed by atoms with Crippen molar-refractivity contribution in [3.8, 4) is 0 Å². The summed E-state index contributed by atoms with van der Waals surface area (Å²) in [6.07, 6.45) is 5.87. The molecule has 0 spiro atoms. The highest BCUT2D eigenvalue weighted by Crippen LogP contribution is 2.40. The van der Waals surface area contributed by atoms with Gasteiger partial charge in [0.25, 0.3) is 0 Å². The van der Waals surface area contributed by atoms with E-state index >= 15 is 0 Å². The Morgan fingerprint density at radius 1 is 1.19 bits per heavy atom. The van der Waals surface area contributed by atoms with Gasteiger partial charge in [-0.1, -0.05) is 26.2 Å². The third-order valence-corrected chi connectivity index (χ3v) is 5.60. The van der Waals surface area contributed by atoms with Gasteiger partial charge in [0.1, 0.15) is 12.1 Å². The minimum Gasteiger partial charge on any atom is -0.480 e. The number of ether oxygens (including phenoxy) is 1. The van der Waals surface area contributed by atoms with Crippen molar-refractivity contribution in [3.05, 3.63) is 0 Å². The van der Waals surface area contributed by atoms with Crippen LogP contribution in [-0.4, -0.2) is 64.2 Å². The van der Waals surface area contributed by atoms with Crippen LogP contribution in [0, 0.1) is 5.92 Å². The summed E-state index contributed by atoms with van der Waals surface area (Å²) in [5.41, 5.74) is 5.35. The second-order valence-corrected chi connectivity index (χ2v) is 9.79. The zero-order valence-corrected chi connectivity index (χ0v) is 20.1. The lowest BCUT2D eigenvalue weighted by Crippen LogP contribution is -2.55. The van der Waals surface area contributed by atoms with Crippen LogP contribution in [0.25, 0.3) is 0 Å². The molecule has 1 saturated heterocycles. The first-order valence-corrected chi connectivity index (χ1v) is 11.7. The fourth-order valence-corrected chi connectivity index (χ4v) is 4.39. The highest BCUT2D eigenvalue weighted by atomic mass is 16.5. The lowest BCUT2D eigenvalue weighted by atomic mass is 9.84. The summed E-state index contributed by atoms with van der Waals surface area (Å²) in [6.45, 7) is 11.6. The number of nitrogens with two attached hydrogens (primary N) is 1. The van der Waals surface area contributed by atoms with E-state index in [4.69, 9.17) is 10.5 Å². The van der Waals surface area contributed by atoms with Gasteiger partial charge in [-0.25, -0.2) is 4.79 Å². The van der Waals surface area contributed by atoms with Crippen molar-refractivity contribution in [3.63, 3.8) is 0 Å². The molecule has 8 nitrogen and oxygen atoms in total. The molecule has 4 N–H and O–H groups in total. The molecule has 8 heteroatoms. The molecule has 1 saturated carbocycles. The number of likely N-dealkylation sites (tertiary alicyclic amines) is 1.